The highest BCUT2D eigenvalue weighted by Gasteiger charge is 2.25. The first kappa shape index (κ1) is 20.4. The lowest BCUT2D eigenvalue weighted by Crippen LogP contribution is -2.46. The first-order valence-electron chi connectivity index (χ1n) is 9.06. The van der Waals surface area contributed by atoms with Crippen LogP contribution in [0.15, 0.2) is 4.99 Å². The van der Waals surface area contributed by atoms with E-state index in [1.807, 2.05) is 6.92 Å². The lowest BCUT2D eigenvalue weighted by Gasteiger charge is -2.30. The topological polar surface area (TPSA) is 62.7 Å². The molecule has 23 heavy (non-hydrogen) atoms. The third-order valence-corrected chi connectivity index (χ3v) is 5.66. The number of nitrogens with zero attached hydrogens (tertiary/aromatic N) is 1. The molecule has 2 N–H and O–H groups in total. The van der Waals surface area contributed by atoms with Crippen molar-refractivity contribution >= 4 is 16.8 Å². The van der Waals surface area contributed by atoms with Gasteiger partial charge in [-0.05, 0) is 32.1 Å². The Hall–Kier alpha value is -0.620. The minimum atomic E-state index is -0.686. The number of hydrogen-bond donors (Lipinski definition) is 2. The van der Waals surface area contributed by atoms with Gasteiger partial charge in [0.15, 0.2) is 5.96 Å². The summed E-state index contributed by atoms with van der Waals surface area (Å²) in [5.74, 6) is 2.18. The minimum Gasteiger partial charge on any atom is -0.379 e. The van der Waals surface area contributed by atoms with Crippen molar-refractivity contribution in [2.24, 2.45) is 10.9 Å². The number of hydrogen-bond acceptors (Lipinski definition) is 3. The Morgan fingerprint density at radius 2 is 2.13 bits per heavy atom. The van der Waals surface area contributed by atoms with E-state index < -0.39 is 10.8 Å². The average Bonchev–Trinajstić information content (AvgIpc) is 2.53. The van der Waals surface area contributed by atoms with Crippen molar-refractivity contribution in [3.8, 4) is 0 Å². The van der Waals surface area contributed by atoms with Crippen LogP contribution in [0.1, 0.15) is 53.4 Å². The van der Waals surface area contributed by atoms with Gasteiger partial charge in [-0.2, -0.15) is 0 Å². The molecule has 1 rings (SSSR count). The average molecular weight is 346 g/mol. The fourth-order valence-corrected chi connectivity index (χ4v) is 4.15. The van der Waals surface area contributed by atoms with E-state index in [-0.39, 0.29) is 0 Å². The summed E-state index contributed by atoms with van der Waals surface area (Å²) in [6, 6.07) is 0.374. The molecule has 6 heteroatoms. The molecule has 5 nitrogen and oxygen atoms in total. The van der Waals surface area contributed by atoms with Crippen molar-refractivity contribution in [3.05, 3.63) is 0 Å². The normalized spacial score (nSPS) is 23.8. The molecule has 0 aromatic rings. The Morgan fingerprint density at radius 3 is 2.78 bits per heavy atom. The van der Waals surface area contributed by atoms with Crippen LogP contribution in [0.3, 0.4) is 0 Å². The Morgan fingerprint density at radius 1 is 1.35 bits per heavy atom. The van der Waals surface area contributed by atoms with Crippen molar-refractivity contribution in [3.63, 3.8) is 0 Å². The third-order valence-electron chi connectivity index (χ3n) is 3.92. The van der Waals surface area contributed by atoms with Crippen LogP contribution in [0.2, 0.25) is 0 Å². The summed E-state index contributed by atoms with van der Waals surface area (Å²) >= 11 is 0. The van der Waals surface area contributed by atoms with Crippen molar-refractivity contribution in [1.29, 1.82) is 0 Å². The first-order valence-corrected chi connectivity index (χ1v) is 10.4. The predicted octanol–water partition coefficient (Wildman–Crippen LogP) is 2.29. The lowest BCUT2D eigenvalue weighted by atomic mass is 9.95. The van der Waals surface area contributed by atoms with Gasteiger partial charge in [-0.1, -0.05) is 27.2 Å². The Labute approximate surface area is 144 Å². The molecule has 1 saturated carbocycles. The van der Waals surface area contributed by atoms with Crippen LogP contribution < -0.4 is 10.6 Å². The van der Waals surface area contributed by atoms with Gasteiger partial charge in [0, 0.05) is 41.0 Å². The van der Waals surface area contributed by atoms with Gasteiger partial charge in [-0.3, -0.25) is 9.20 Å². The maximum atomic E-state index is 12.0. The smallest absolute Gasteiger partial charge is 0.191 e. The van der Waals surface area contributed by atoms with E-state index in [2.05, 4.69) is 36.4 Å². The SMILES string of the molecule is CCNC(=NCCOCC(C)C)NC1CCCC(S(=O)CC)C1. The summed E-state index contributed by atoms with van der Waals surface area (Å²) in [5, 5.41) is 7.15. The maximum absolute atomic E-state index is 12.0. The van der Waals surface area contributed by atoms with Gasteiger partial charge in [-0.15, -0.1) is 0 Å². The van der Waals surface area contributed by atoms with E-state index in [9.17, 15) is 4.21 Å². The highest BCUT2D eigenvalue weighted by molar-refractivity contribution is 7.85. The van der Waals surface area contributed by atoms with Crippen molar-refractivity contribution < 1.29 is 8.95 Å². The molecule has 0 radical (unpaired) electrons. The van der Waals surface area contributed by atoms with Crippen LogP contribution in [-0.2, 0) is 15.5 Å². The van der Waals surface area contributed by atoms with Gasteiger partial charge in [0.1, 0.15) is 0 Å². The van der Waals surface area contributed by atoms with E-state index in [1.165, 1.54) is 0 Å². The second kappa shape index (κ2) is 11.8. The molecular weight excluding hydrogens is 310 g/mol. The molecule has 136 valence electrons. The summed E-state index contributed by atoms with van der Waals surface area (Å²) in [7, 11) is -0.686. The summed E-state index contributed by atoms with van der Waals surface area (Å²) in [5.41, 5.74) is 0. The fourth-order valence-electron chi connectivity index (χ4n) is 2.80. The quantitative estimate of drug-likeness (QED) is 0.382. The Kier molecular flexibility index (Phi) is 10.5. The maximum Gasteiger partial charge on any atom is 0.191 e. The molecule has 0 aromatic heterocycles. The molecule has 1 fully saturated rings. The van der Waals surface area contributed by atoms with Crippen molar-refractivity contribution in [2.45, 2.75) is 64.7 Å². The van der Waals surface area contributed by atoms with Crippen molar-refractivity contribution in [1.82, 2.24) is 10.6 Å². The molecule has 1 aliphatic rings. The molecule has 3 unspecified atom stereocenters. The molecule has 0 aromatic carbocycles. The van der Waals surface area contributed by atoms with Gasteiger partial charge < -0.3 is 15.4 Å². The molecule has 0 bridgehead atoms. The fraction of sp³-hybridized carbons (Fsp3) is 0.941. The summed E-state index contributed by atoms with van der Waals surface area (Å²) in [6.45, 7) is 11.3. The second-order valence-electron chi connectivity index (χ2n) is 6.53. The van der Waals surface area contributed by atoms with E-state index in [0.717, 1.165) is 50.5 Å². The largest absolute Gasteiger partial charge is 0.379 e. The Bertz CT molecular complexity index is 375. The lowest BCUT2D eigenvalue weighted by molar-refractivity contribution is 0.117. The van der Waals surface area contributed by atoms with E-state index in [1.54, 1.807) is 0 Å². The van der Waals surface area contributed by atoms with Gasteiger partial charge in [0.05, 0.1) is 13.2 Å². The molecule has 0 amide bonds. The summed E-state index contributed by atoms with van der Waals surface area (Å²) in [4.78, 5) is 4.59. The molecule has 0 heterocycles. The first-order chi connectivity index (χ1) is 11.1. The monoisotopic (exact) mass is 345 g/mol. The molecule has 0 aliphatic heterocycles. The Balaban J connectivity index is 2.42. The van der Waals surface area contributed by atoms with Crippen LogP contribution in [0.4, 0.5) is 0 Å². The van der Waals surface area contributed by atoms with Crippen molar-refractivity contribution in [2.75, 3.05) is 32.1 Å². The predicted molar refractivity (Wildman–Crippen MR) is 99.5 cm³/mol. The van der Waals surface area contributed by atoms with Gasteiger partial charge in [0.2, 0.25) is 0 Å². The number of aliphatic imine (C=N–C) groups is 1. The van der Waals surface area contributed by atoms with E-state index in [4.69, 9.17) is 4.74 Å². The van der Waals surface area contributed by atoms with Crippen LogP contribution in [0.5, 0.6) is 0 Å². The zero-order valence-electron chi connectivity index (χ0n) is 15.3. The van der Waals surface area contributed by atoms with Crippen LogP contribution in [0, 0.1) is 5.92 Å². The van der Waals surface area contributed by atoms with Gasteiger partial charge in [0.25, 0.3) is 0 Å². The number of rotatable bonds is 9. The zero-order chi connectivity index (χ0) is 17.1. The molecule has 0 saturated heterocycles. The van der Waals surface area contributed by atoms with E-state index >= 15 is 0 Å². The van der Waals surface area contributed by atoms with Gasteiger partial charge >= 0.3 is 0 Å². The highest BCUT2D eigenvalue weighted by Crippen LogP contribution is 2.22. The molecule has 0 spiro atoms. The minimum absolute atomic E-state index is 0.337. The van der Waals surface area contributed by atoms with E-state index in [0.29, 0.717) is 30.4 Å². The second-order valence-corrected chi connectivity index (χ2v) is 8.53. The molecule has 1 aliphatic carbocycles. The highest BCUT2D eigenvalue weighted by atomic mass is 32.2. The number of guanidine groups is 1. The standard InChI is InChI=1S/C17H35N3O2S/c1-5-18-17(19-10-11-22-13-14(3)4)20-15-8-7-9-16(12-15)23(21)6-2/h14-16H,5-13H2,1-4H3,(H2,18,19,20). The number of nitrogens with one attached hydrogen (secondary N) is 2. The summed E-state index contributed by atoms with van der Waals surface area (Å²) < 4.78 is 17.6. The molecular formula is C17H35N3O2S. The number of ether oxygens (including phenoxy) is 1. The molecule has 3 atom stereocenters. The van der Waals surface area contributed by atoms with Gasteiger partial charge in [-0.25, -0.2) is 0 Å². The van der Waals surface area contributed by atoms with Crippen LogP contribution >= 0.6 is 0 Å². The summed E-state index contributed by atoms with van der Waals surface area (Å²) in [6.07, 6.45) is 4.35. The van der Waals surface area contributed by atoms with Crippen LogP contribution in [0.25, 0.3) is 0 Å². The van der Waals surface area contributed by atoms with Crippen LogP contribution in [-0.4, -0.2) is 53.5 Å². The third kappa shape index (κ3) is 8.70. The zero-order valence-corrected chi connectivity index (χ0v) is 16.1.